The van der Waals surface area contributed by atoms with Crippen molar-refractivity contribution < 1.29 is 0 Å². The fourth-order valence-electron chi connectivity index (χ4n) is 2.07. The van der Waals surface area contributed by atoms with Crippen molar-refractivity contribution in [3.8, 4) is 0 Å². The molecule has 0 bridgehead atoms. The van der Waals surface area contributed by atoms with E-state index in [-0.39, 0.29) is 0 Å². The normalized spacial score (nSPS) is 21.6. The van der Waals surface area contributed by atoms with Crippen LogP contribution in [0.4, 0.5) is 0 Å². The van der Waals surface area contributed by atoms with Gasteiger partial charge in [-0.2, -0.15) is 0 Å². The average molecular weight is 274 g/mol. The van der Waals surface area contributed by atoms with E-state index in [0.29, 0.717) is 5.54 Å². The Morgan fingerprint density at radius 2 is 2.36 bits per heavy atom. The molecule has 0 amide bonds. The van der Waals surface area contributed by atoms with Crippen LogP contribution < -0.4 is 0 Å². The molecule has 0 spiro atoms. The number of likely N-dealkylation sites (tertiary alicyclic amines) is 1. The van der Waals surface area contributed by atoms with Gasteiger partial charge in [-0.05, 0) is 60.6 Å². The lowest BCUT2D eigenvalue weighted by molar-refractivity contribution is 0.168. The van der Waals surface area contributed by atoms with E-state index in [1.807, 2.05) is 11.3 Å². The zero-order valence-corrected chi connectivity index (χ0v) is 11.1. The highest BCUT2D eigenvalue weighted by molar-refractivity contribution is 9.10. The Bertz CT molecular complexity index is 319. The summed E-state index contributed by atoms with van der Waals surface area (Å²) in [6, 6.07) is 2.14. The predicted molar refractivity (Wildman–Crippen MR) is 65.7 cm³/mol. The second-order valence-electron chi connectivity index (χ2n) is 4.53. The van der Waals surface area contributed by atoms with Crippen molar-refractivity contribution in [2.45, 2.75) is 38.8 Å². The van der Waals surface area contributed by atoms with Crippen molar-refractivity contribution >= 4 is 27.3 Å². The summed E-state index contributed by atoms with van der Waals surface area (Å²) in [6.45, 7) is 7.05. The SMILES string of the molecule is CC1(C)CCCN1Cc1sccc1Br. The third-order valence-corrected chi connectivity index (χ3v) is 5.01. The largest absolute Gasteiger partial charge is 0.293 e. The summed E-state index contributed by atoms with van der Waals surface area (Å²) in [4.78, 5) is 4.05. The monoisotopic (exact) mass is 273 g/mol. The lowest BCUT2D eigenvalue weighted by Gasteiger charge is -2.31. The molecule has 0 radical (unpaired) electrons. The van der Waals surface area contributed by atoms with Gasteiger partial charge in [-0.3, -0.25) is 4.90 Å². The van der Waals surface area contributed by atoms with Gasteiger partial charge in [0.15, 0.2) is 0 Å². The summed E-state index contributed by atoms with van der Waals surface area (Å²) in [7, 11) is 0. The van der Waals surface area contributed by atoms with Crippen LogP contribution >= 0.6 is 27.3 Å². The molecule has 0 aromatic carbocycles. The first-order chi connectivity index (χ1) is 6.59. The van der Waals surface area contributed by atoms with Gasteiger partial charge in [-0.15, -0.1) is 11.3 Å². The van der Waals surface area contributed by atoms with Gasteiger partial charge in [0.2, 0.25) is 0 Å². The lowest BCUT2D eigenvalue weighted by atomic mass is 10.0. The smallest absolute Gasteiger partial charge is 0.0344 e. The topological polar surface area (TPSA) is 3.24 Å². The van der Waals surface area contributed by atoms with Crippen LogP contribution in [0.1, 0.15) is 31.6 Å². The lowest BCUT2D eigenvalue weighted by Crippen LogP contribution is -2.37. The molecule has 1 nitrogen and oxygen atoms in total. The Morgan fingerprint density at radius 3 is 2.86 bits per heavy atom. The van der Waals surface area contributed by atoms with Crippen LogP contribution in [0, 0.1) is 0 Å². The maximum atomic E-state index is 3.59. The van der Waals surface area contributed by atoms with E-state index in [4.69, 9.17) is 0 Å². The van der Waals surface area contributed by atoms with Gasteiger partial charge in [0.1, 0.15) is 0 Å². The third kappa shape index (κ3) is 2.05. The number of halogens is 1. The Morgan fingerprint density at radius 1 is 1.57 bits per heavy atom. The van der Waals surface area contributed by atoms with E-state index in [2.05, 4.69) is 46.1 Å². The molecule has 1 aromatic rings. The number of hydrogen-bond donors (Lipinski definition) is 0. The standard InChI is InChI=1S/C11H16BrNS/c1-11(2)5-3-6-13(11)8-10-9(12)4-7-14-10/h4,7H,3,5-6,8H2,1-2H3. The molecule has 78 valence electrons. The van der Waals surface area contributed by atoms with Gasteiger partial charge in [-0.25, -0.2) is 0 Å². The second kappa shape index (κ2) is 3.95. The van der Waals surface area contributed by atoms with E-state index in [1.54, 1.807) is 0 Å². The summed E-state index contributed by atoms with van der Waals surface area (Å²) >= 11 is 5.44. The summed E-state index contributed by atoms with van der Waals surface area (Å²) in [6.07, 6.45) is 2.67. The van der Waals surface area contributed by atoms with E-state index in [1.165, 1.54) is 28.7 Å². The van der Waals surface area contributed by atoms with Crippen LogP contribution in [0.3, 0.4) is 0 Å². The molecule has 1 fully saturated rings. The highest BCUT2D eigenvalue weighted by atomic mass is 79.9. The van der Waals surface area contributed by atoms with Crippen LogP contribution in [0.5, 0.6) is 0 Å². The molecule has 3 heteroatoms. The van der Waals surface area contributed by atoms with Crippen molar-refractivity contribution in [1.82, 2.24) is 4.90 Å². The Labute approximate surface area is 98.2 Å². The minimum Gasteiger partial charge on any atom is -0.293 e. The van der Waals surface area contributed by atoms with Crippen LogP contribution in [0.2, 0.25) is 0 Å². The van der Waals surface area contributed by atoms with Crippen LogP contribution in [0.15, 0.2) is 15.9 Å². The number of nitrogens with zero attached hydrogens (tertiary/aromatic N) is 1. The minimum atomic E-state index is 0.392. The highest BCUT2D eigenvalue weighted by Gasteiger charge is 2.31. The molecule has 0 saturated carbocycles. The van der Waals surface area contributed by atoms with Gasteiger partial charge in [0, 0.05) is 21.4 Å². The predicted octanol–water partition coefficient (Wildman–Crippen LogP) is 3.89. The average Bonchev–Trinajstić information content (AvgIpc) is 2.62. The number of rotatable bonds is 2. The van der Waals surface area contributed by atoms with Crippen molar-refractivity contribution in [2.75, 3.05) is 6.54 Å². The maximum absolute atomic E-state index is 3.59. The first-order valence-electron chi connectivity index (χ1n) is 5.06. The molecule has 1 saturated heterocycles. The quantitative estimate of drug-likeness (QED) is 0.791. The summed E-state index contributed by atoms with van der Waals surface area (Å²) in [5.41, 5.74) is 0.392. The second-order valence-corrected chi connectivity index (χ2v) is 6.38. The molecular formula is C11H16BrNS. The van der Waals surface area contributed by atoms with Gasteiger partial charge in [0.05, 0.1) is 0 Å². The van der Waals surface area contributed by atoms with Crippen LogP contribution in [-0.2, 0) is 6.54 Å². The van der Waals surface area contributed by atoms with Gasteiger partial charge >= 0.3 is 0 Å². The zero-order chi connectivity index (χ0) is 10.2. The van der Waals surface area contributed by atoms with Crippen molar-refractivity contribution in [2.24, 2.45) is 0 Å². The fraction of sp³-hybridized carbons (Fsp3) is 0.636. The van der Waals surface area contributed by atoms with Crippen LogP contribution in [-0.4, -0.2) is 17.0 Å². The van der Waals surface area contributed by atoms with Crippen molar-refractivity contribution in [3.05, 3.63) is 20.8 Å². The Hall–Kier alpha value is 0.140. The van der Waals surface area contributed by atoms with Gasteiger partial charge in [0.25, 0.3) is 0 Å². The maximum Gasteiger partial charge on any atom is 0.0344 e. The van der Waals surface area contributed by atoms with Crippen LogP contribution in [0.25, 0.3) is 0 Å². The molecule has 2 heterocycles. The fourth-order valence-corrected chi connectivity index (χ4v) is 3.56. The van der Waals surface area contributed by atoms with Gasteiger partial charge < -0.3 is 0 Å². The molecule has 0 unspecified atom stereocenters. The number of hydrogen-bond acceptors (Lipinski definition) is 2. The molecule has 1 aliphatic rings. The third-order valence-electron chi connectivity index (χ3n) is 3.10. The first kappa shape index (κ1) is 10.7. The molecule has 1 aromatic heterocycles. The Balaban J connectivity index is 2.08. The minimum absolute atomic E-state index is 0.392. The summed E-state index contributed by atoms with van der Waals surface area (Å²) in [5.74, 6) is 0. The molecule has 0 atom stereocenters. The molecule has 1 aliphatic heterocycles. The summed E-state index contributed by atoms with van der Waals surface area (Å²) < 4.78 is 1.27. The zero-order valence-electron chi connectivity index (χ0n) is 8.72. The van der Waals surface area contributed by atoms with Crippen molar-refractivity contribution in [1.29, 1.82) is 0 Å². The van der Waals surface area contributed by atoms with E-state index in [0.717, 1.165) is 6.54 Å². The van der Waals surface area contributed by atoms with E-state index >= 15 is 0 Å². The highest BCUT2D eigenvalue weighted by Crippen LogP contribution is 2.32. The molecule has 0 N–H and O–H groups in total. The molecule has 0 aliphatic carbocycles. The van der Waals surface area contributed by atoms with E-state index in [9.17, 15) is 0 Å². The molecular weight excluding hydrogens is 258 g/mol. The van der Waals surface area contributed by atoms with E-state index < -0.39 is 0 Å². The molecule has 2 rings (SSSR count). The Kier molecular flexibility index (Phi) is 3.01. The van der Waals surface area contributed by atoms with Crippen molar-refractivity contribution in [3.63, 3.8) is 0 Å². The summed E-state index contributed by atoms with van der Waals surface area (Å²) in [5, 5.41) is 2.16. The van der Waals surface area contributed by atoms with Gasteiger partial charge in [-0.1, -0.05) is 0 Å². The first-order valence-corrected chi connectivity index (χ1v) is 6.74. The number of thiophene rings is 1. The molecule has 14 heavy (non-hydrogen) atoms.